The molecule has 142 valence electrons. The molecule has 0 saturated carbocycles. The smallest absolute Gasteiger partial charge is 0.248 e. The third kappa shape index (κ3) is 5.95. The Kier molecular flexibility index (Phi) is 6.36. The fourth-order valence-corrected chi connectivity index (χ4v) is 2.35. The molecule has 2 aromatic carbocycles. The third-order valence-electron chi connectivity index (χ3n) is 3.56. The first-order chi connectivity index (χ1) is 13.6. The van der Waals surface area contributed by atoms with Crippen LogP contribution in [0.3, 0.4) is 0 Å². The highest BCUT2D eigenvalue weighted by atomic mass is 16.5. The topological polar surface area (TPSA) is 73.3 Å². The Morgan fingerprint density at radius 3 is 2.36 bits per heavy atom. The number of amides is 1. The lowest BCUT2D eigenvalue weighted by molar-refractivity contribution is -0.111. The van der Waals surface area contributed by atoms with Gasteiger partial charge in [0, 0.05) is 24.2 Å². The summed E-state index contributed by atoms with van der Waals surface area (Å²) in [5.41, 5.74) is 1.58. The number of hydrogen-bond acceptors (Lipinski definition) is 5. The fourth-order valence-electron chi connectivity index (χ4n) is 2.35. The SMILES string of the molecule is CC(C)Oc1ccc(/C=C/C(=O)Nc2ccc(Oc3cnccn3)cc2)cc1. The van der Waals surface area contributed by atoms with Crippen LogP contribution in [0, 0.1) is 0 Å². The second kappa shape index (κ2) is 9.32. The second-order valence-electron chi connectivity index (χ2n) is 6.23. The van der Waals surface area contributed by atoms with Gasteiger partial charge < -0.3 is 14.8 Å². The number of anilines is 1. The van der Waals surface area contributed by atoms with Gasteiger partial charge in [-0.3, -0.25) is 9.78 Å². The van der Waals surface area contributed by atoms with E-state index in [4.69, 9.17) is 9.47 Å². The van der Waals surface area contributed by atoms with Crippen molar-refractivity contribution in [2.75, 3.05) is 5.32 Å². The molecule has 1 aromatic heterocycles. The molecule has 0 aliphatic carbocycles. The third-order valence-corrected chi connectivity index (χ3v) is 3.56. The van der Waals surface area contributed by atoms with E-state index < -0.39 is 0 Å². The highest BCUT2D eigenvalue weighted by Crippen LogP contribution is 2.20. The predicted molar refractivity (Wildman–Crippen MR) is 108 cm³/mol. The lowest BCUT2D eigenvalue weighted by atomic mass is 10.2. The Morgan fingerprint density at radius 1 is 1.00 bits per heavy atom. The Bertz CT molecular complexity index is 922. The maximum atomic E-state index is 12.1. The van der Waals surface area contributed by atoms with E-state index in [1.54, 1.807) is 42.7 Å². The van der Waals surface area contributed by atoms with Crippen LogP contribution < -0.4 is 14.8 Å². The maximum absolute atomic E-state index is 12.1. The van der Waals surface area contributed by atoms with Crippen LogP contribution in [0.2, 0.25) is 0 Å². The van der Waals surface area contributed by atoms with E-state index in [1.807, 2.05) is 38.1 Å². The number of benzene rings is 2. The summed E-state index contributed by atoms with van der Waals surface area (Å²) < 4.78 is 11.2. The number of rotatable bonds is 7. The van der Waals surface area contributed by atoms with Crippen LogP contribution in [0.4, 0.5) is 5.69 Å². The molecule has 6 nitrogen and oxygen atoms in total. The summed E-state index contributed by atoms with van der Waals surface area (Å²) in [6.45, 7) is 3.96. The molecule has 0 atom stereocenters. The van der Waals surface area contributed by atoms with E-state index in [9.17, 15) is 4.79 Å². The summed E-state index contributed by atoms with van der Waals surface area (Å²) in [5, 5.41) is 2.81. The number of hydrogen-bond donors (Lipinski definition) is 1. The van der Waals surface area contributed by atoms with E-state index in [1.165, 1.54) is 12.3 Å². The van der Waals surface area contributed by atoms with Crippen molar-refractivity contribution >= 4 is 17.7 Å². The molecule has 1 heterocycles. The highest BCUT2D eigenvalue weighted by molar-refractivity contribution is 6.01. The van der Waals surface area contributed by atoms with E-state index in [0.717, 1.165) is 11.3 Å². The summed E-state index contributed by atoms with van der Waals surface area (Å²) in [4.78, 5) is 20.1. The first-order valence-electron chi connectivity index (χ1n) is 8.88. The summed E-state index contributed by atoms with van der Waals surface area (Å²) in [6.07, 6.45) is 8.03. The molecule has 0 spiro atoms. The van der Waals surface area contributed by atoms with Crippen molar-refractivity contribution in [2.24, 2.45) is 0 Å². The first kappa shape index (κ1) is 19.1. The van der Waals surface area contributed by atoms with Crippen LogP contribution in [-0.2, 0) is 4.79 Å². The average molecular weight is 375 g/mol. The normalized spacial score (nSPS) is 10.8. The zero-order valence-electron chi connectivity index (χ0n) is 15.7. The Morgan fingerprint density at radius 2 is 1.71 bits per heavy atom. The summed E-state index contributed by atoms with van der Waals surface area (Å²) in [5.74, 6) is 1.61. The van der Waals surface area contributed by atoms with Gasteiger partial charge in [0.2, 0.25) is 11.8 Å². The van der Waals surface area contributed by atoms with Crippen LogP contribution in [0.5, 0.6) is 17.4 Å². The minimum Gasteiger partial charge on any atom is -0.491 e. The minimum absolute atomic E-state index is 0.129. The van der Waals surface area contributed by atoms with Gasteiger partial charge in [0.25, 0.3) is 0 Å². The highest BCUT2D eigenvalue weighted by Gasteiger charge is 2.02. The number of ether oxygens (including phenoxy) is 2. The Balaban J connectivity index is 1.53. The van der Waals surface area contributed by atoms with Gasteiger partial charge in [0.1, 0.15) is 11.5 Å². The van der Waals surface area contributed by atoms with Crippen molar-refractivity contribution in [3.05, 3.63) is 78.8 Å². The van der Waals surface area contributed by atoms with Gasteiger partial charge in [-0.05, 0) is 61.9 Å². The molecule has 3 rings (SSSR count). The van der Waals surface area contributed by atoms with Crippen molar-refractivity contribution in [3.8, 4) is 17.4 Å². The van der Waals surface area contributed by atoms with E-state index in [2.05, 4.69) is 15.3 Å². The van der Waals surface area contributed by atoms with Gasteiger partial charge in [-0.2, -0.15) is 0 Å². The van der Waals surface area contributed by atoms with Gasteiger partial charge in [0.15, 0.2) is 0 Å². The van der Waals surface area contributed by atoms with Crippen molar-refractivity contribution in [1.82, 2.24) is 9.97 Å². The van der Waals surface area contributed by atoms with E-state index >= 15 is 0 Å². The maximum Gasteiger partial charge on any atom is 0.248 e. The predicted octanol–water partition coefficient (Wildman–Crippen LogP) is 4.71. The number of nitrogens with zero attached hydrogens (tertiary/aromatic N) is 2. The Labute approximate surface area is 163 Å². The molecule has 1 amide bonds. The zero-order valence-corrected chi connectivity index (χ0v) is 15.7. The molecular formula is C22H21N3O3. The van der Waals surface area contributed by atoms with Gasteiger partial charge in [-0.1, -0.05) is 12.1 Å². The zero-order chi connectivity index (χ0) is 19.8. The van der Waals surface area contributed by atoms with Crippen LogP contribution in [0.25, 0.3) is 6.08 Å². The van der Waals surface area contributed by atoms with Gasteiger partial charge in [0.05, 0.1) is 12.3 Å². The molecule has 0 unspecified atom stereocenters. The molecule has 0 fully saturated rings. The molecule has 6 heteroatoms. The fraction of sp³-hybridized carbons (Fsp3) is 0.136. The molecule has 0 aliphatic heterocycles. The molecule has 0 saturated heterocycles. The van der Waals surface area contributed by atoms with Crippen LogP contribution in [0.15, 0.2) is 73.2 Å². The molecule has 0 aliphatic rings. The minimum atomic E-state index is -0.217. The Hall–Kier alpha value is -3.67. The molecule has 0 bridgehead atoms. The quantitative estimate of drug-likeness (QED) is 0.606. The van der Waals surface area contributed by atoms with E-state index in [0.29, 0.717) is 17.3 Å². The second-order valence-corrected chi connectivity index (χ2v) is 6.23. The summed E-state index contributed by atoms with van der Waals surface area (Å²) >= 11 is 0. The lowest BCUT2D eigenvalue weighted by Gasteiger charge is -2.09. The van der Waals surface area contributed by atoms with Gasteiger partial charge >= 0.3 is 0 Å². The van der Waals surface area contributed by atoms with Crippen molar-refractivity contribution in [2.45, 2.75) is 20.0 Å². The summed E-state index contributed by atoms with van der Waals surface area (Å²) in [6, 6.07) is 14.6. The van der Waals surface area contributed by atoms with Crippen molar-refractivity contribution < 1.29 is 14.3 Å². The van der Waals surface area contributed by atoms with Crippen LogP contribution in [0.1, 0.15) is 19.4 Å². The number of aromatic nitrogens is 2. The van der Waals surface area contributed by atoms with Crippen LogP contribution in [-0.4, -0.2) is 22.0 Å². The van der Waals surface area contributed by atoms with Gasteiger partial charge in [-0.15, -0.1) is 0 Å². The van der Waals surface area contributed by atoms with Crippen LogP contribution >= 0.6 is 0 Å². The van der Waals surface area contributed by atoms with Gasteiger partial charge in [-0.25, -0.2) is 4.98 Å². The molecule has 28 heavy (non-hydrogen) atoms. The lowest BCUT2D eigenvalue weighted by Crippen LogP contribution is -2.07. The number of nitrogens with one attached hydrogen (secondary N) is 1. The summed E-state index contributed by atoms with van der Waals surface area (Å²) in [7, 11) is 0. The van der Waals surface area contributed by atoms with Crippen molar-refractivity contribution in [1.29, 1.82) is 0 Å². The first-order valence-corrected chi connectivity index (χ1v) is 8.88. The number of carbonyl (C=O) groups excluding carboxylic acids is 1. The molecule has 3 aromatic rings. The average Bonchev–Trinajstić information content (AvgIpc) is 2.69. The van der Waals surface area contributed by atoms with Crippen molar-refractivity contribution in [3.63, 3.8) is 0 Å². The largest absolute Gasteiger partial charge is 0.491 e. The molecule has 0 radical (unpaired) electrons. The standard InChI is InChI=1S/C22H21N3O3/c1-16(2)27-19-8-3-17(4-9-19)5-12-21(26)25-18-6-10-20(11-7-18)28-22-15-23-13-14-24-22/h3-16H,1-2H3,(H,25,26)/b12-5+. The molecular weight excluding hydrogens is 354 g/mol. The number of carbonyl (C=O) groups is 1. The monoisotopic (exact) mass is 375 g/mol. The molecule has 1 N–H and O–H groups in total. The van der Waals surface area contributed by atoms with E-state index in [-0.39, 0.29) is 12.0 Å².